The van der Waals surface area contributed by atoms with Crippen LogP contribution in [-0.4, -0.2) is 78.8 Å². The van der Waals surface area contributed by atoms with Crippen LogP contribution in [0.3, 0.4) is 0 Å². The summed E-state index contributed by atoms with van der Waals surface area (Å²) in [5.74, 6) is -3.00. The molecule has 0 amide bonds. The van der Waals surface area contributed by atoms with Crippen LogP contribution in [0.5, 0.6) is 0 Å². The van der Waals surface area contributed by atoms with Crippen LogP contribution in [0.4, 0.5) is 0 Å². The molecule has 5 aliphatic heterocycles. The molecule has 266 valence electrons. The van der Waals surface area contributed by atoms with Crippen LogP contribution in [0.1, 0.15) is 85.5 Å². The lowest BCUT2D eigenvalue weighted by molar-refractivity contribution is -0.183. The topological polar surface area (TPSA) is 149 Å². The van der Waals surface area contributed by atoms with Crippen molar-refractivity contribution in [3.8, 4) is 0 Å². The van der Waals surface area contributed by atoms with E-state index < -0.39 is 46.5 Å². The molecule has 5 aliphatic carbocycles. The molecule has 5 heterocycles. The van der Waals surface area contributed by atoms with Gasteiger partial charge in [-0.1, -0.05) is 27.7 Å². The van der Waals surface area contributed by atoms with E-state index in [1.807, 2.05) is 0 Å². The first kappa shape index (κ1) is 31.4. The Labute approximate surface area is 286 Å². The molecule has 9 fully saturated rings. The maximum atomic E-state index is 14.3. The van der Waals surface area contributed by atoms with Crippen LogP contribution >= 0.6 is 0 Å². The molecule has 0 radical (unpaired) electrons. The predicted molar refractivity (Wildman–Crippen MR) is 167 cm³/mol. The molecule has 5 saturated heterocycles. The number of rotatable bonds is 6. The van der Waals surface area contributed by atoms with Gasteiger partial charge in [-0.25, -0.2) is 0 Å². The molecule has 49 heavy (non-hydrogen) atoms. The van der Waals surface area contributed by atoms with Crippen LogP contribution in [0.15, 0.2) is 11.8 Å². The molecule has 10 rings (SSSR count). The number of carbonyl (C=O) groups excluding carboxylic acids is 4. The van der Waals surface area contributed by atoms with Gasteiger partial charge in [-0.05, 0) is 81.1 Å². The molecule has 4 saturated carbocycles. The van der Waals surface area contributed by atoms with E-state index >= 15 is 0 Å². The van der Waals surface area contributed by atoms with Gasteiger partial charge in [0.05, 0.1) is 71.5 Å². The van der Waals surface area contributed by atoms with E-state index in [0.717, 1.165) is 25.7 Å². The molecular weight excluding hydrogens is 632 g/mol. The molecule has 11 heteroatoms. The first-order valence-corrected chi connectivity index (χ1v) is 19.0. The third-order valence-corrected chi connectivity index (χ3v) is 14.8. The van der Waals surface area contributed by atoms with Crippen molar-refractivity contribution in [3.63, 3.8) is 0 Å². The smallest absolute Gasteiger partial charge is 0.321 e. The molecule has 0 aromatic heterocycles. The van der Waals surface area contributed by atoms with Gasteiger partial charge in [-0.2, -0.15) is 0 Å². The molecule has 0 bridgehead atoms. The second-order valence-corrected chi connectivity index (χ2v) is 17.7. The van der Waals surface area contributed by atoms with E-state index in [-0.39, 0.29) is 85.0 Å². The van der Waals surface area contributed by atoms with Crippen LogP contribution in [0.25, 0.3) is 0 Å². The first-order chi connectivity index (χ1) is 23.5. The number of esters is 4. The molecule has 0 aromatic rings. The quantitative estimate of drug-likeness (QED) is 0.227. The Kier molecular flexibility index (Phi) is 6.80. The maximum Gasteiger partial charge on any atom is 0.321 e. The van der Waals surface area contributed by atoms with Gasteiger partial charge in [0.1, 0.15) is 5.76 Å². The van der Waals surface area contributed by atoms with E-state index in [4.69, 9.17) is 33.2 Å². The fourth-order valence-electron chi connectivity index (χ4n) is 12.2. The summed E-state index contributed by atoms with van der Waals surface area (Å²) in [6.07, 6.45) is 7.53. The van der Waals surface area contributed by atoms with E-state index in [0.29, 0.717) is 43.3 Å². The maximum absolute atomic E-state index is 14.3. The summed E-state index contributed by atoms with van der Waals surface area (Å²) in [5.41, 5.74) is -1.79. The average Bonchev–Trinajstić information content (AvgIpc) is 3.86. The molecule has 11 nitrogen and oxygen atoms in total. The molecule has 19 unspecified atom stereocenters. The van der Waals surface area contributed by atoms with Gasteiger partial charge >= 0.3 is 23.9 Å². The Hall–Kier alpha value is -2.34. The predicted octanol–water partition coefficient (Wildman–Crippen LogP) is 4.04. The number of fused-ring (bicyclic) bond motifs is 5. The zero-order valence-corrected chi connectivity index (χ0v) is 28.7. The SMILES string of the molecule is CC1CC(C)C(C2(C(=O)OC(=O)C3C=C4OC4CC3C(=O)OC(=O)C3(C4C(C)CC(C)C5OC54)CCC4OC4C3)CCC3OC3C2)C2OC12. The zero-order valence-electron chi connectivity index (χ0n) is 28.7. The highest BCUT2D eigenvalue weighted by Crippen LogP contribution is 2.62. The van der Waals surface area contributed by atoms with Crippen molar-refractivity contribution < 1.29 is 52.3 Å². The van der Waals surface area contributed by atoms with Crippen LogP contribution < -0.4 is 0 Å². The van der Waals surface area contributed by atoms with Gasteiger partial charge in [-0.3, -0.25) is 19.2 Å². The summed E-state index contributed by atoms with van der Waals surface area (Å²) in [6, 6.07) is 0. The van der Waals surface area contributed by atoms with E-state index in [1.54, 1.807) is 6.08 Å². The number of carbonyl (C=O) groups is 4. The Bertz CT molecular complexity index is 1520. The second kappa shape index (κ2) is 10.6. The summed E-state index contributed by atoms with van der Waals surface area (Å²) in [6.45, 7) is 8.74. The minimum absolute atomic E-state index is 0.0104. The Morgan fingerprint density at radius 1 is 0.633 bits per heavy atom. The minimum atomic E-state index is -1.10. The molecular formula is C38H48O11. The van der Waals surface area contributed by atoms with Crippen molar-refractivity contribution >= 4 is 23.9 Å². The van der Waals surface area contributed by atoms with Crippen molar-refractivity contribution in [1.29, 1.82) is 0 Å². The largest absolute Gasteiger partial charge is 0.483 e. The average molecular weight is 681 g/mol. The summed E-state index contributed by atoms with van der Waals surface area (Å²) in [4.78, 5) is 56.7. The van der Waals surface area contributed by atoms with Crippen molar-refractivity contribution in [2.45, 2.75) is 140 Å². The highest BCUT2D eigenvalue weighted by molar-refractivity contribution is 5.96. The first-order valence-electron chi connectivity index (χ1n) is 19.0. The van der Waals surface area contributed by atoms with Crippen LogP contribution in [0, 0.1) is 58.2 Å². The highest BCUT2D eigenvalue weighted by Gasteiger charge is 2.69. The number of epoxide rings is 5. The van der Waals surface area contributed by atoms with Crippen molar-refractivity contribution in [3.05, 3.63) is 11.8 Å². The number of hydrogen-bond donors (Lipinski definition) is 0. The summed E-state index contributed by atoms with van der Waals surface area (Å²) >= 11 is 0. The van der Waals surface area contributed by atoms with Gasteiger partial charge in [0.2, 0.25) is 0 Å². The summed E-state index contributed by atoms with van der Waals surface area (Å²) in [7, 11) is 0. The molecule has 0 spiro atoms. The molecule has 0 N–H and O–H groups in total. The Morgan fingerprint density at radius 2 is 1.14 bits per heavy atom. The van der Waals surface area contributed by atoms with Gasteiger partial charge in [0.15, 0.2) is 6.10 Å². The van der Waals surface area contributed by atoms with Crippen molar-refractivity contribution in [2.75, 3.05) is 0 Å². The lowest BCUT2D eigenvalue weighted by Gasteiger charge is -2.44. The Morgan fingerprint density at radius 3 is 1.65 bits per heavy atom. The lowest BCUT2D eigenvalue weighted by Crippen LogP contribution is -2.52. The van der Waals surface area contributed by atoms with E-state index in [9.17, 15) is 19.2 Å². The van der Waals surface area contributed by atoms with Crippen LogP contribution in [-0.2, 0) is 52.3 Å². The van der Waals surface area contributed by atoms with Gasteiger partial charge in [0, 0.05) is 18.3 Å². The monoisotopic (exact) mass is 680 g/mol. The van der Waals surface area contributed by atoms with Crippen molar-refractivity contribution in [2.24, 2.45) is 58.2 Å². The fourth-order valence-corrected chi connectivity index (χ4v) is 12.2. The van der Waals surface area contributed by atoms with Gasteiger partial charge in [-0.15, -0.1) is 0 Å². The number of hydrogen-bond acceptors (Lipinski definition) is 11. The molecule has 10 aliphatic rings. The molecule has 19 atom stereocenters. The zero-order chi connectivity index (χ0) is 33.7. The van der Waals surface area contributed by atoms with Gasteiger partial charge < -0.3 is 33.2 Å². The molecule has 0 aromatic carbocycles. The third-order valence-electron chi connectivity index (χ3n) is 14.8. The standard InChI is InChI=1S/C38H48O11/c1-15-9-17(3)29-31(46-29)27(15)37(7-5-21-25(13-37)43-21)35(41)48-33(39)19-11-23-24(45-23)12-20(19)34(40)49-36(42)38(8-6-22-26(14-38)44-22)28-16(2)10-18(4)30-32(28)47-30/h11,15-22,24-32H,5-10,12-14H2,1-4H3. The fraction of sp³-hybridized carbons (Fsp3) is 0.842. The minimum Gasteiger partial charge on any atom is -0.483 e. The lowest BCUT2D eigenvalue weighted by atomic mass is 9.57. The second-order valence-electron chi connectivity index (χ2n) is 17.7. The highest BCUT2D eigenvalue weighted by atomic mass is 16.6. The normalized spacial score (nSPS) is 55.3. The van der Waals surface area contributed by atoms with E-state index in [1.165, 1.54) is 0 Å². The number of ether oxygens (including phenoxy) is 7. The summed E-state index contributed by atoms with van der Waals surface area (Å²) in [5, 5.41) is 0. The van der Waals surface area contributed by atoms with Gasteiger partial charge in [0.25, 0.3) is 0 Å². The summed E-state index contributed by atoms with van der Waals surface area (Å²) < 4.78 is 41.3. The van der Waals surface area contributed by atoms with E-state index in [2.05, 4.69) is 27.7 Å². The third kappa shape index (κ3) is 4.87. The van der Waals surface area contributed by atoms with Crippen LogP contribution in [0.2, 0.25) is 0 Å². The Balaban J connectivity index is 0.883. The van der Waals surface area contributed by atoms with Crippen molar-refractivity contribution in [1.82, 2.24) is 0 Å².